The van der Waals surface area contributed by atoms with E-state index in [-0.39, 0.29) is 17.0 Å². The minimum atomic E-state index is -0.136. The van der Waals surface area contributed by atoms with Gasteiger partial charge < -0.3 is 5.73 Å². The van der Waals surface area contributed by atoms with E-state index >= 15 is 0 Å². The molecule has 8 heteroatoms. The Morgan fingerprint density at radius 2 is 2.35 bits per heavy atom. The van der Waals surface area contributed by atoms with Crippen molar-refractivity contribution in [3.63, 3.8) is 0 Å². The summed E-state index contributed by atoms with van der Waals surface area (Å²) in [5, 5.41) is 7.42. The summed E-state index contributed by atoms with van der Waals surface area (Å²) in [6.07, 6.45) is 2.08. The molecular weight excluding hydrogens is 316 g/mol. The van der Waals surface area contributed by atoms with Crippen LogP contribution in [-0.2, 0) is 0 Å². The topological polar surface area (TPSA) is 76.7 Å². The second-order valence-electron chi connectivity index (χ2n) is 4.95. The molecule has 5 nitrogen and oxygen atoms in total. The molecule has 0 radical (unpaired) electrons. The first-order chi connectivity index (χ1) is 9.56. The first-order valence-electron chi connectivity index (χ1n) is 6.40. The fraction of sp³-hybridized carbons (Fsp3) is 0.500. The highest BCUT2D eigenvalue weighted by atomic mass is 35.5. The van der Waals surface area contributed by atoms with Crippen LogP contribution in [0.25, 0.3) is 0 Å². The number of nitrogens with two attached hydrogens (primary N) is 1. The molecule has 2 aromatic heterocycles. The third kappa shape index (κ3) is 2.81. The van der Waals surface area contributed by atoms with Crippen molar-refractivity contribution in [2.75, 3.05) is 0 Å². The predicted molar refractivity (Wildman–Crippen MR) is 82.7 cm³/mol. The molecule has 2 atom stereocenters. The number of thioether (sulfide) groups is 1. The van der Waals surface area contributed by atoms with Gasteiger partial charge in [0.05, 0.1) is 9.59 Å². The van der Waals surface area contributed by atoms with E-state index in [1.54, 1.807) is 4.57 Å². The number of H-pyrrole nitrogens is 1. The van der Waals surface area contributed by atoms with Gasteiger partial charge in [0.25, 0.3) is 0 Å². The molecule has 0 aromatic carbocycles. The normalized spacial score (nSPS) is 18.1. The number of hydrogen-bond donors (Lipinski definition) is 2. The van der Waals surface area contributed by atoms with Crippen molar-refractivity contribution in [1.29, 1.82) is 0 Å². The van der Waals surface area contributed by atoms with Crippen molar-refractivity contribution in [3.8, 4) is 0 Å². The third-order valence-electron chi connectivity index (χ3n) is 3.17. The van der Waals surface area contributed by atoms with E-state index in [0.29, 0.717) is 11.2 Å². The van der Waals surface area contributed by atoms with E-state index < -0.39 is 0 Å². The molecule has 20 heavy (non-hydrogen) atoms. The summed E-state index contributed by atoms with van der Waals surface area (Å²) in [5.74, 6) is 0. The summed E-state index contributed by atoms with van der Waals surface area (Å²) >= 11 is 9.05. The van der Waals surface area contributed by atoms with Gasteiger partial charge in [-0.05, 0) is 31.9 Å². The van der Waals surface area contributed by atoms with Crippen molar-refractivity contribution < 1.29 is 0 Å². The highest BCUT2D eigenvalue weighted by Crippen LogP contribution is 2.43. The van der Waals surface area contributed by atoms with Crippen LogP contribution in [0.2, 0.25) is 4.34 Å². The average molecular weight is 331 g/mol. The van der Waals surface area contributed by atoms with Crippen molar-refractivity contribution in [2.45, 2.75) is 42.3 Å². The third-order valence-corrected chi connectivity index (χ3v) is 6.07. The first kappa shape index (κ1) is 14.2. The highest BCUT2D eigenvalue weighted by molar-refractivity contribution is 7.99. The van der Waals surface area contributed by atoms with Gasteiger partial charge in [0.2, 0.25) is 0 Å². The quantitative estimate of drug-likeness (QED) is 0.826. The van der Waals surface area contributed by atoms with Crippen LogP contribution in [0.15, 0.2) is 22.1 Å². The predicted octanol–water partition coefficient (Wildman–Crippen LogP) is 2.80. The number of rotatable bonds is 5. The number of nitrogens with one attached hydrogen (secondary N) is 1. The molecule has 1 aliphatic rings. The van der Waals surface area contributed by atoms with Crippen molar-refractivity contribution in [1.82, 2.24) is 14.8 Å². The Labute approximate surface area is 129 Å². The lowest BCUT2D eigenvalue weighted by Gasteiger charge is -2.18. The lowest BCUT2D eigenvalue weighted by Crippen LogP contribution is -2.23. The maximum absolute atomic E-state index is 11.8. The lowest BCUT2D eigenvalue weighted by molar-refractivity contribution is 0.636. The first-order valence-corrected chi connectivity index (χ1v) is 8.48. The number of nitrogens with zero attached hydrogens (tertiary/aromatic N) is 2. The van der Waals surface area contributed by atoms with Gasteiger partial charge in [-0.2, -0.15) is 0 Å². The molecule has 2 aromatic rings. The Hall–Kier alpha value is -0.760. The Kier molecular flexibility index (Phi) is 3.94. The molecule has 2 heterocycles. The summed E-state index contributed by atoms with van der Waals surface area (Å²) in [5.41, 5.74) is 5.96. The van der Waals surface area contributed by atoms with Crippen LogP contribution in [0.5, 0.6) is 0 Å². The van der Waals surface area contributed by atoms with E-state index in [2.05, 4.69) is 10.2 Å². The molecule has 0 bridgehead atoms. The van der Waals surface area contributed by atoms with Gasteiger partial charge in [-0.25, -0.2) is 9.89 Å². The zero-order valence-electron chi connectivity index (χ0n) is 10.9. The van der Waals surface area contributed by atoms with E-state index in [0.717, 1.165) is 22.1 Å². The van der Waals surface area contributed by atoms with Crippen LogP contribution in [-0.4, -0.2) is 20.8 Å². The smallest absolute Gasteiger partial charge is 0.327 e. The Balaban J connectivity index is 1.89. The Bertz CT molecular complexity index is 658. The van der Waals surface area contributed by atoms with Gasteiger partial charge in [-0.3, -0.25) is 4.57 Å². The Morgan fingerprint density at radius 1 is 1.60 bits per heavy atom. The fourth-order valence-electron chi connectivity index (χ4n) is 2.05. The van der Waals surface area contributed by atoms with Crippen LogP contribution in [0.1, 0.15) is 35.9 Å². The van der Waals surface area contributed by atoms with Crippen LogP contribution < -0.4 is 11.4 Å². The maximum atomic E-state index is 11.8. The average Bonchev–Trinajstić information content (AvgIpc) is 3.03. The molecule has 1 aliphatic carbocycles. The molecule has 108 valence electrons. The summed E-state index contributed by atoms with van der Waals surface area (Å²) in [6, 6.07) is 4.09. The van der Waals surface area contributed by atoms with Crippen LogP contribution in [0.4, 0.5) is 0 Å². The summed E-state index contributed by atoms with van der Waals surface area (Å²) in [6.45, 7) is 1.96. The maximum Gasteiger partial charge on any atom is 0.344 e. The number of hydrogen-bond acceptors (Lipinski definition) is 5. The minimum absolute atomic E-state index is 0.0419. The SMILES string of the molecule is CC(N)C(Sc1n[nH]c(=O)n1C1CC1)c1ccc(Cl)s1. The van der Waals surface area contributed by atoms with Gasteiger partial charge in [0.15, 0.2) is 5.16 Å². The Morgan fingerprint density at radius 3 is 2.90 bits per heavy atom. The van der Waals surface area contributed by atoms with Crippen LogP contribution >= 0.6 is 34.7 Å². The molecule has 1 saturated carbocycles. The van der Waals surface area contributed by atoms with Gasteiger partial charge in [0.1, 0.15) is 0 Å². The second-order valence-corrected chi connectivity index (χ2v) is 7.81. The van der Waals surface area contributed by atoms with Crippen LogP contribution in [0.3, 0.4) is 0 Å². The molecule has 0 amide bonds. The zero-order chi connectivity index (χ0) is 14.3. The minimum Gasteiger partial charge on any atom is -0.327 e. The molecule has 1 fully saturated rings. The van der Waals surface area contributed by atoms with Crippen LogP contribution in [0, 0.1) is 0 Å². The number of aromatic amines is 1. The van der Waals surface area contributed by atoms with Crippen molar-refractivity contribution in [2.24, 2.45) is 5.73 Å². The molecule has 0 saturated heterocycles. The van der Waals surface area contributed by atoms with E-state index in [1.165, 1.54) is 23.1 Å². The monoisotopic (exact) mass is 330 g/mol. The number of halogens is 1. The molecule has 2 unspecified atom stereocenters. The van der Waals surface area contributed by atoms with Gasteiger partial charge >= 0.3 is 5.69 Å². The number of thiophene rings is 1. The van der Waals surface area contributed by atoms with Gasteiger partial charge in [0, 0.05) is 17.0 Å². The van der Waals surface area contributed by atoms with E-state index in [4.69, 9.17) is 17.3 Å². The van der Waals surface area contributed by atoms with Gasteiger partial charge in [-0.15, -0.1) is 16.4 Å². The molecule has 3 rings (SSSR count). The van der Waals surface area contributed by atoms with Crippen molar-refractivity contribution in [3.05, 3.63) is 31.8 Å². The summed E-state index contributed by atoms with van der Waals surface area (Å²) < 4.78 is 2.49. The molecule has 3 N–H and O–H groups in total. The van der Waals surface area contributed by atoms with Gasteiger partial charge in [-0.1, -0.05) is 23.4 Å². The van der Waals surface area contributed by atoms with E-state index in [1.807, 2.05) is 19.1 Å². The molecular formula is C12H15ClN4OS2. The summed E-state index contributed by atoms with van der Waals surface area (Å²) in [4.78, 5) is 12.9. The molecule has 0 aliphatic heterocycles. The molecule has 0 spiro atoms. The zero-order valence-corrected chi connectivity index (χ0v) is 13.3. The fourth-order valence-corrected chi connectivity index (χ4v) is 4.57. The highest BCUT2D eigenvalue weighted by Gasteiger charge is 2.31. The van der Waals surface area contributed by atoms with E-state index in [9.17, 15) is 4.79 Å². The lowest BCUT2D eigenvalue weighted by atomic mass is 10.2. The standard InChI is InChI=1S/C12H15ClN4OS2/c1-6(14)10(8-4-5-9(13)19-8)20-12-16-15-11(18)17(12)7-2-3-7/h4-7,10H,2-3,14H2,1H3,(H,15,18). The summed E-state index contributed by atoms with van der Waals surface area (Å²) in [7, 11) is 0. The largest absolute Gasteiger partial charge is 0.344 e. The second kappa shape index (κ2) is 5.55. The van der Waals surface area contributed by atoms with Crippen molar-refractivity contribution >= 4 is 34.7 Å². The number of aromatic nitrogens is 3.